The predicted molar refractivity (Wildman–Crippen MR) is 112 cm³/mol. The summed E-state index contributed by atoms with van der Waals surface area (Å²) in [4.78, 5) is 40.8. The van der Waals surface area contributed by atoms with Gasteiger partial charge in [-0.2, -0.15) is 5.26 Å². The number of nitrogens with zero attached hydrogens (tertiary/aromatic N) is 2. The third kappa shape index (κ3) is 4.70. The number of nitriles is 1. The zero-order valence-electron chi connectivity index (χ0n) is 16.4. The lowest BCUT2D eigenvalue weighted by atomic mass is 9.98. The maximum atomic E-state index is 13.1. The molecule has 1 aliphatic rings. The molecule has 1 saturated heterocycles. The Balaban J connectivity index is 1.85. The van der Waals surface area contributed by atoms with Crippen LogP contribution in [-0.2, 0) is 9.59 Å². The number of aromatic amines is 1. The van der Waals surface area contributed by atoms with Crippen molar-refractivity contribution in [2.45, 2.75) is 45.2 Å². The molecule has 2 aromatic rings. The molecule has 0 bridgehead atoms. The highest BCUT2D eigenvalue weighted by Gasteiger charge is 2.30. The fourth-order valence-electron chi connectivity index (χ4n) is 3.71. The van der Waals surface area contributed by atoms with Crippen LogP contribution in [0.1, 0.15) is 39.2 Å². The van der Waals surface area contributed by atoms with Crippen molar-refractivity contribution in [3.8, 4) is 6.07 Å². The van der Waals surface area contributed by atoms with Crippen molar-refractivity contribution in [3.05, 3.63) is 33.3 Å². The van der Waals surface area contributed by atoms with E-state index >= 15 is 0 Å². The van der Waals surface area contributed by atoms with Gasteiger partial charge in [0.25, 0.3) is 5.56 Å². The van der Waals surface area contributed by atoms with E-state index in [1.807, 2.05) is 13.8 Å². The summed E-state index contributed by atoms with van der Waals surface area (Å²) in [7, 11) is 0. The first-order valence-corrected chi connectivity index (χ1v) is 10.5. The summed E-state index contributed by atoms with van der Waals surface area (Å²) in [6.45, 7) is 4.53. The van der Waals surface area contributed by atoms with Crippen LogP contribution in [0.2, 0.25) is 0 Å². The number of carbonyl (C=O) groups excluding carboxylic acids is 2. The van der Waals surface area contributed by atoms with E-state index in [0.29, 0.717) is 29.5 Å². The highest BCUT2D eigenvalue weighted by molar-refractivity contribution is 9.10. The molecule has 29 heavy (non-hydrogen) atoms. The van der Waals surface area contributed by atoms with Crippen LogP contribution >= 0.6 is 15.9 Å². The minimum atomic E-state index is -0.787. The predicted octanol–water partition coefficient (Wildman–Crippen LogP) is 2.21. The number of hydrogen-bond acceptors (Lipinski definition) is 4. The number of hydrogen-bond donors (Lipinski definition) is 3. The molecule has 3 N–H and O–H groups in total. The number of carbonyl (C=O) groups is 2. The minimum Gasteiger partial charge on any atom is -0.356 e. The summed E-state index contributed by atoms with van der Waals surface area (Å²) in [5.41, 5.74) is 0.123. The summed E-state index contributed by atoms with van der Waals surface area (Å²) >= 11 is 3.33. The van der Waals surface area contributed by atoms with E-state index < -0.39 is 18.0 Å². The number of halogens is 1. The van der Waals surface area contributed by atoms with Crippen LogP contribution in [0, 0.1) is 23.2 Å². The Kier molecular flexibility index (Phi) is 6.42. The van der Waals surface area contributed by atoms with E-state index in [4.69, 9.17) is 0 Å². The second-order valence-electron chi connectivity index (χ2n) is 7.82. The number of rotatable bonds is 7. The molecule has 9 heteroatoms. The standard InChI is InChI=1S/C20H24BrN5O3/c1-11(2)7-15(26-6-4-12-9-16(21)25-17(12)20(26)29)19(28)24-14(10-22)8-13-3-5-23-18(13)27/h4,6,9,11,13-15,25H,3,5,7-8H2,1-2H3,(H,23,27)(H,24,28)/t13?,14-,15?/m0/s1. The van der Waals surface area contributed by atoms with Crippen LogP contribution in [0.3, 0.4) is 0 Å². The lowest BCUT2D eigenvalue weighted by Crippen LogP contribution is -2.43. The molecule has 0 aromatic carbocycles. The van der Waals surface area contributed by atoms with Crippen LogP contribution < -0.4 is 16.2 Å². The molecule has 8 nitrogen and oxygen atoms in total. The molecule has 2 unspecified atom stereocenters. The molecule has 1 aliphatic heterocycles. The normalized spacial score (nSPS) is 18.4. The molecule has 0 saturated carbocycles. The van der Waals surface area contributed by atoms with Gasteiger partial charge >= 0.3 is 0 Å². The van der Waals surface area contributed by atoms with E-state index in [2.05, 4.69) is 37.6 Å². The number of fused-ring (bicyclic) bond motifs is 1. The molecule has 3 atom stereocenters. The number of H-pyrrole nitrogens is 1. The van der Waals surface area contributed by atoms with Gasteiger partial charge in [-0.25, -0.2) is 0 Å². The second-order valence-corrected chi connectivity index (χ2v) is 8.68. The van der Waals surface area contributed by atoms with Gasteiger partial charge in [-0.1, -0.05) is 13.8 Å². The summed E-state index contributed by atoms with van der Waals surface area (Å²) in [6, 6.07) is 4.12. The van der Waals surface area contributed by atoms with Crippen LogP contribution in [0.25, 0.3) is 10.9 Å². The van der Waals surface area contributed by atoms with Crippen LogP contribution in [0.4, 0.5) is 0 Å². The summed E-state index contributed by atoms with van der Waals surface area (Å²) in [6.07, 6.45) is 2.98. The second kappa shape index (κ2) is 8.82. The summed E-state index contributed by atoms with van der Waals surface area (Å²) in [5, 5.41) is 15.7. The Hall–Kier alpha value is -2.60. The maximum absolute atomic E-state index is 13.1. The zero-order valence-corrected chi connectivity index (χ0v) is 18.0. The van der Waals surface area contributed by atoms with E-state index in [1.54, 1.807) is 18.3 Å². The molecular weight excluding hydrogens is 438 g/mol. The molecular formula is C20H24BrN5O3. The van der Waals surface area contributed by atoms with Gasteiger partial charge in [0, 0.05) is 24.0 Å². The highest BCUT2D eigenvalue weighted by Crippen LogP contribution is 2.22. The first-order chi connectivity index (χ1) is 13.8. The van der Waals surface area contributed by atoms with Crippen LogP contribution in [-0.4, -0.2) is 34.0 Å². The van der Waals surface area contributed by atoms with Crippen molar-refractivity contribution in [1.29, 1.82) is 5.26 Å². The first kappa shape index (κ1) is 21.1. The van der Waals surface area contributed by atoms with Gasteiger partial charge in [0.1, 0.15) is 17.6 Å². The van der Waals surface area contributed by atoms with Crippen LogP contribution in [0.5, 0.6) is 0 Å². The monoisotopic (exact) mass is 461 g/mol. The molecule has 154 valence electrons. The van der Waals surface area contributed by atoms with Crippen LogP contribution in [0.15, 0.2) is 27.7 Å². The average molecular weight is 462 g/mol. The molecule has 2 amide bonds. The highest BCUT2D eigenvalue weighted by atomic mass is 79.9. The third-order valence-corrected chi connectivity index (χ3v) is 5.59. The van der Waals surface area contributed by atoms with Gasteiger partial charge < -0.3 is 20.2 Å². The molecule has 3 heterocycles. The minimum absolute atomic E-state index is 0.0859. The zero-order chi connectivity index (χ0) is 21.1. The van der Waals surface area contributed by atoms with Crippen molar-refractivity contribution in [1.82, 2.24) is 20.2 Å². The van der Waals surface area contributed by atoms with Gasteiger partial charge in [-0.3, -0.25) is 14.4 Å². The number of nitrogens with one attached hydrogen (secondary N) is 3. The number of aromatic nitrogens is 2. The maximum Gasteiger partial charge on any atom is 0.275 e. The van der Waals surface area contributed by atoms with Crippen molar-refractivity contribution >= 4 is 38.6 Å². The SMILES string of the molecule is CC(C)CC(C(=O)N[C@H](C#N)CC1CCNC1=O)n1ccc2cc(Br)[nH]c2c1=O. The smallest absolute Gasteiger partial charge is 0.275 e. The van der Waals surface area contributed by atoms with Gasteiger partial charge in [0.2, 0.25) is 11.8 Å². The van der Waals surface area contributed by atoms with Crippen molar-refractivity contribution in [3.63, 3.8) is 0 Å². The lowest BCUT2D eigenvalue weighted by molar-refractivity contribution is -0.126. The molecule has 1 fully saturated rings. The Morgan fingerprint density at radius 2 is 2.21 bits per heavy atom. The summed E-state index contributed by atoms with van der Waals surface area (Å²) in [5.74, 6) is -0.600. The van der Waals surface area contributed by atoms with Gasteiger partial charge in [0.15, 0.2) is 0 Å². The number of amides is 2. The molecule has 0 aliphatic carbocycles. The van der Waals surface area contributed by atoms with E-state index in [9.17, 15) is 19.6 Å². The Morgan fingerprint density at radius 1 is 1.45 bits per heavy atom. The topological polar surface area (TPSA) is 120 Å². The average Bonchev–Trinajstić information content (AvgIpc) is 3.25. The first-order valence-electron chi connectivity index (χ1n) is 9.67. The van der Waals surface area contributed by atoms with Crippen molar-refractivity contribution < 1.29 is 9.59 Å². The molecule has 0 spiro atoms. The quantitative estimate of drug-likeness (QED) is 0.585. The van der Waals surface area contributed by atoms with Crippen molar-refractivity contribution in [2.75, 3.05) is 6.54 Å². The van der Waals surface area contributed by atoms with E-state index in [0.717, 1.165) is 5.39 Å². The molecule has 0 radical (unpaired) electrons. The van der Waals surface area contributed by atoms with Crippen molar-refractivity contribution in [2.24, 2.45) is 11.8 Å². The third-order valence-electron chi connectivity index (χ3n) is 5.17. The lowest BCUT2D eigenvalue weighted by Gasteiger charge is -2.23. The Bertz CT molecular complexity index is 1020. The van der Waals surface area contributed by atoms with Gasteiger partial charge in [-0.15, -0.1) is 0 Å². The van der Waals surface area contributed by atoms with Gasteiger partial charge in [-0.05, 0) is 53.2 Å². The van der Waals surface area contributed by atoms with Gasteiger partial charge in [0.05, 0.1) is 10.7 Å². The number of pyridine rings is 1. The molecule has 3 rings (SSSR count). The Labute approximate surface area is 176 Å². The molecule has 2 aromatic heterocycles. The fraction of sp³-hybridized carbons (Fsp3) is 0.500. The van der Waals surface area contributed by atoms with E-state index in [-0.39, 0.29) is 29.7 Å². The largest absolute Gasteiger partial charge is 0.356 e. The Morgan fingerprint density at radius 3 is 2.83 bits per heavy atom. The van der Waals surface area contributed by atoms with E-state index in [1.165, 1.54) is 4.57 Å². The fourth-order valence-corrected chi connectivity index (χ4v) is 4.15. The summed E-state index contributed by atoms with van der Waals surface area (Å²) < 4.78 is 2.10.